The second-order valence-electron chi connectivity index (χ2n) is 5.60. The molecule has 1 aliphatic rings. The van der Waals surface area contributed by atoms with Crippen LogP contribution < -0.4 is 0 Å². The number of rotatable bonds is 3. The summed E-state index contributed by atoms with van der Waals surface area (Å²) in [4.78, 5) is 0. The van der Waals surface area contributed by atoms with E-state index < -0.39 is 29.9 Å². The summed E-state index contributed by atoms with van der Waals surface area (Å²) in [7, 11) is 0. The highest BCUT2D eigenvalue weighted by molar-refractivity contribution is 6.31. The number of hydrogen-bond acceptors (Lipinski definition) is 1. The molecule has 21 heavy (non-hydrogen) atoms. The van der Waals surface area contributed by atoms with Crippen LogP contribution in [-0.4, -0.2) is 17.4 Å². The van der Waals surface area contributed by atoms with Gasteiger partial charge in [-0.3, -0.25) is 0 Å². The van der Waals surface area contributed by atoms with Gasteiger partial charge in [-0.2, -0.15) is 13.2 Å². The van der Waals surface area contributed by atoms with E-state index >= 15 is 0 Å². The molecule has 0 spiro atoms. The summed E-state index contributed by atoms with van der Waals surface area (Å²) in [5.74, 6) is -2.80. The summed E-state index contributed by atoms with van der Waals surface area (Å²) in [5.41, 5.74) is 0.470. The highest BCUT2D eigenvalue weighted by Gasteiger charge is 2.47. The number of halogens is 5. The summed E-state index contributed by atoms with van der Waals surface area (Å²) in [6.07, 6.45) is -3.78. The minimum atomic E-state index is -4.29. The van der Waals surface area contributed by atoms with Crippen LogP contribution in [0.3, 0.4) is 0 Å². The van der Waals surface area contributed by atoms with Crippen molar-refractivity contribution in [2.75, 3.05) is 0 Å². The molecule has 3 unspecified atom stereocenters. The average Bonchev–Trinajstić information content (AvgIpc) is 2.41. The highest BCUT2D eigenvalue weighted by atomic mass is 35.5. The first-order valence-electron chi connectivity index (χ1n) is 6.97. The van der Waals surface area contributed by atoms with Crippen LogP contribution in [0.15, 0.2) is 18.2 Å². The molecule has 1 aromatic rings. The normalized spacial score (nSPS) is 24.9. The third-order valence-electron chi connectivity index (χ3n) is 4.18. The fourth-order valence-electron chi connectivity index (χ4n) is 3.09. The SMILES string of the molecule is OC(Cc1ccc(F)cc1Cl)C1CCCCC1C(F)(F)F. The predicted octanol–water partition coefficient (Wildman–Crippen LogP) is 4.75. The molecule has 0 saturated heterocycles. The smallest absolute Gasteiger partial charge is 0.392 e. The molecular formula is C15H17ClF4O. The molecule has 0 aromatic heterocycles. The summed E-state index contributed by atoms with van der Waals surface area (Å²) in [6.45, 7) is 0. The van der Waals surface area contributed by atoms with Gasteiger partial charge in [-0.1, -0.05) is 30.5 Å². The van der Waals surface area contributed by atoms with Gasteiger partial charge in [0.1, 0.15) is 5.82 Å². The predicted molar refractivity (Wildman–Crippen MR) is 72.6 cm³/mol. The molecule has 1 N–H and O–H groups in total. The Bertz CT molecular complexity index is 489. The molecule has 1 saturated carbocycles. The maximum Gasteiger partial charge on any atom is 0.392 e. The lowest BCUT2D eigenvalue weighted by molar-refractivity contribution is -0.206. The van der Waals surface area contributed by atoms with E-state index in [-0.39, 0.29) is 17.9 Å². The van der Waals surface area contributed by atoms with Gasteiger partial charge in [-0.05, 0) is 36.5 Å². The van der Waals surface area contributed by atoms with Crippen LogP contribution in [0, 0.1) is 17.7 Å². The number of alkyl halides is 3. The van der Waals surface area contributed by atoms with Gasteiger partial charge in [0.15, 0.2) is 0 Å². The Hall–Kier alpha value is -0.810. The van der Waals surface area contributed by atoms with Crippen molar-refractivity contribution in [2.24, 2.45) is 11.8 Å². The first-order chi connectivity index (χ1) is 9.79. The molecule has 1 fully saturated rings. The molecule has 2 rings (SSSR count). The Morgan fingerprint density at radius 2 is 1.90 bits per heavy atom. The monoisotopic (exact) mass is 324 g/mol. The van der Waals surface area contributed by atoms with E-state index in [0.29, 0.717) is 24.8 Å². The van der Waals surface area contributed by atoms with Crippen LogP contribution in [0.2, 0.25) is 5.02 Å². The zero-order chi connectivity index (χ0) is 15.6. The van der Waals surface area contributed by atoms with Crippen molar-refractivity contribution in [1.29, 1.82) is 0 Å². The third kappa shape index (κ3) is 4.10. The first-order valence-corrected chi connectivity index (χ1v) is 7.35. The van der Waals surface area contributed by atoms with E-state index in [2.05, 4.69) is 0 Å². The van der Waals surface area contributed by atoms with E-state index in [4.69, 9.17) is 11.6 Å². The van der Waals surface area contributed by atoms with Crippen LogP contribution in [0.5, 0.6) is 0 Å². The quantitative estimate of drug-likeness (QED) is 0.795. The summed E-state index contributed by atoms with van der Waals surface area (Å²) >= 11 is 5.87. The van der Waals surface area contributed by atoms with Crippen LogP contribution in [-0.2, 0) is 6.42 Å². The van der Waals surface area contributed by atoms with E-state index in [1.807, 2.05) is 0 Å². The Morgan fingerprint density at radius 1 is 1.24 bits per heavy atom. The number of aliphatic hydroxyl groups is 1. The fraction of sp³-hybridized carbons (Fsp3) is 0.600. The Morgan fingerprint density at radius 3 is 2.52 bits per heavy atom. The molecule has 0 bridgehead atoms. The average molecular weight is 325 g/mol. The van der Waals surface area contributed by atoms with Gasteiger partial charge >= 0.3 is 6.18 Å². The lowest BCUT2D eigenvalue weighted by atomic mass is 9.74. The molecule has 0 radical (unpaired) electrons. The maximum atomic E-state index is 13.0. The largest absolute Gasteiger partial charge is 0.392 e. The fourth-order valence-corrected chi connectivity index (χ4v) is 3.33. The summed E-state index contributed by atoms with van der Waals surface area (Å²) < 4.78 is 52.1. The third-order valence-corrected chi connectivity index (χ3v) is 4.53. The van der Waals surface area contributed by atoms with Gasteiger partial charge in [0, 0.05) is 11.4 Å². The first kappa shape index (κ1) is 16.6. The Labute approximate surface area is 125 Å². The lowest BCUT2D eigenvalue weighted by Crippen LogP contribution is -2.40. The van der Waals surface area contributed by atoms with Crippen molar-refractivity contribution in [3.63, 3.8) is 0 Å². The minimum Gasteiger partial charge on any atom is -0.392 e. The number of benzene rings is 1. The second-order valence-corrected chi connectivity index (χ2v) is 6.01. The molecule has 0 heterocycles. The molecule has 1 nitrogen and oxygen atoms in total. The van der Waals surface area contributed by atoms with Gasteiger partial charge in [0.25, 0.3) is 0 Å². The van der Waals surface area contributed by atoms with Crippen molar-refractivity contribution in [3.8, 4) is 0 Å². The molecule has 118 valence electrons. The van der Waals surface area contributed by atoms with Crippen LogP contribution in [0.4, 0.5) is 17.6 Å². The maximum absolute atomic E-state index is 13.0. The Kier molecular flexibility index (Phi) is 5.15. The van der Waals surface area contributed by atoms with Gasteiger partial charge < -0.3 is 5.11 Å². The molecule has 6 heteroatoms. The van der Waals surface area contributed by atoms with Crippen LogP contribution in [0.25, 0.3) is 0 Å². The van der Waals surface area contributed by atoms with Gasteiger partial charge in [0.2, 0.25) is 0 Å². The zero-order valence-corrected chi connectivity index (χ0v) is 12.1. The van der Waals surface area contributed by atoms with Crippen molar-refractivity contribution in [2.45, 2.75) is 44.4 Å². The molecule has 1 aliphatic carbocycles. The van der Waals surface area contributed by atoms with Gasteiger partial charge in [0.05, 0.1) is 12.0 Å². The number of aliphatic hydroxyl groups excluding tert-OH is 1. The zero-order valence-electron chi connectivity index (χ0n) is 11.3. The molecule has 0 aliphatic heterocycles. The molecule has 3 atom stereocenters. The van der Waals surface area contributed by atoms with E-state index in [1.165, 1.54) is 12.1 Å². The molecule has 1 aromatic carbocycles. The van der Waals surface area contributed by atoms with Crippen molar-refractivity contribution < 1.29 is 22.7 Å². The van der Waals surface area contributed by atoms with Crippen LogP contribution in [0.1, 0.15) is 31.2 Å². The van der Waals surface area contributed by atoms with Crippen LogP contribution >= 0.6 is 11.6 Å². The van der Waals surface area contributed by atoms with Gasteiger partial charge in [-0.25, -0.2) is 4.39 Å². The lowest BCUT2D eigenvalue weighted by Gasteiger charge is -2.36. The van der Waals surface area contributed by atoms with Crippen molar-refractivity contribution in [1.82, 2.24) is 0 Å². The topological polar surface area (TPSA) is 20.2 Å². The summed E-state index contributed by atoms with van der Waals surface area (Å²) in [6, 6.07) is 3.70. The molecule has 0 amide bonds. The molecular weight excluding hydrogens is 308 g/mol. The Balaban J connectivity index is 2.12. The van der Waals surface area contributed by atoms with Gasteiger partial charge in [-0.15, -0.1) is 0 Å². The number of hydrogen-bond donors (Lipinski definition) is 1. The van der Waals surface area contributed by atoms with Crippen molar-refractivity contribution >= 4 is 11.6 Å². The van der Waals surface area contributed by atoms with E-state index in [9.17, 15) is 22.7 Å². The van der Waals surface area contributed by atoms with Crippen molar-refractivity contribution in [3.05, 3.63) is 34.6 Å². The summed E-state index contributed by atoms with van der Waals surface area (Å²) in [5, 5.41) is 10.3. The van der Waals surface area contributed by atoms with E-state index in [1.54, 1.807) is 0 Å². The standard InChI is InChI=1S/C15H17ClF4O/c16-13-8-10(17)6-5-9(13)7-14(21)11-3-1-2-4-12(11)15(18,19)20/h5-6,8,11-12,14,21H,1-4,7H2. The minimum absolute atomic E-state index is 0.0103. The second kappa shape index (κ2) is 6.53. The highest BCUT2D eigenvalue weighted by Crippen LogP contribution is 2.43. The van der Waals surface area contributed by atoms with E-state index in [0.717, 1.165) is 6.07 Å².